The summed E-state index contributed by atoms with van der Waals surface area (Å²) in [6, 6.07) is 6.67. The van der Waals surface area contributed by atoms with Crippen LogP contribution in [0.5, 0.6) is 0 Å². The number of nitrogens with one attached hydrogen (secondary N) is 2. The van der Waals surface area contributed by atoms with Crippen molar-refractivity contribution in [3.05, 3.63) is 35.1 Å². The Hall–Kier alpha value is -1.36. The zero-order valence-corrected chi connectivity index (χ0v) is 17.2. The van der Waals surface area contributed by atoms with E-state index in [0.717, 1.165) is 12.3 Å². The number of nitriles is 1. The molecule has 0 aliphatic rings. The van der Waals surface area contributed by atoms with Gasteiger partial charge in [0.2, 0.25) is 0 Å². The Morgan fingerprint density at radius 2 is 2.00 bits per heavy atom. The molecule has 0 amide bonds. The Balaban J connectivity index is 0.00000529. The summed E-state index contributed by atoms with van der Waals surface area (Å²) in [5.74, 6) is 1.04. The molecule has 1 aromatic carbocycles. The number of guanidine groups is 1. The highest BCUT2D eigenvalue weighted by Crippen LogP contribution is 2.10. The van der Waals surface area contributed by atoms with E-state index in [4.69, 9.17) is 5.26 Å². The molecule has 6 heteroatoms. The molecule has 0 aliphatic carbocycles. The highest BCUT2D eigenvalue weighted by atomic mass is 127. The third-order valence-corrected chi connectivity index (χ3v) is 3.65. The van der Waals surface area contributed by atoms with Gasteiger partial charge < -0.3 is 10.6 Å². The minimum absolute atomic E-state index is 0. The van der Waals surface area contributed by atoms with Gasteiger partial charge in [-0.2, -0.15) is 5.26 Å². The number of halogens is 2. The lowest BCUT2D eigenvalue weighted by Gasteiger charge is -2.18. The summed E-state index contributed by atoms with van der Waals surface area (Å²) in [5.41, 5.74) is 0.910. The third kappa shape index (κ3) is 8.48. The molecule has 0 aromatic heterocycles. The molecule has 1 rings (SSSR count). The van der Waals surface area contributed by atoms with Crippen LogP contribution in [0.4, 0.5) is 4.39 Å². The number of benzene rings is 1. The molecular weight excluding hydrogens is 418 g/mol. The first-order valence-electron chi connectivity index (χ1n) is 8.12. The van der Waals surface area contributed by atoms with Gasteiger partial charge in [-0.05, 0) is 37.5 Å². The van der Waals surface area contributed by atoms with Crippen molar-refractivity contribution in [2.75, 3.05) is 7.05 Å². The van der Waals surface area contributed by atoms with Gasteiger partial charge in [-0.25, -0.2) is 4.39 Å². The minimum Gasteiger partial charge on any atom is -0.354 e. The summed E-state index contributed by atoms with van der Waals surface area (Å²) >= 11 is 0. The van der Waals surface area contributed by atoms with E-state index in [0.29, 0.717) is 29.7 Å². The van der Waals surface area contributed by atoms with E-state index >= 15 is 0 Å². The van der Waals surface area contributed by atoms with Gasteiger partial charge in [-0.3, -0.25) is 4.99 Å². The molecule has 0 fully saturated rings. The Labute approximate surface area is 162 Å². The van der Waals surface area contributed by atoms with E-state index in [1.807, 2.05) is 6.07 Å². The van der Waals surface area contributed by atoms with Crippen LogP contribution in [0, 0.1) is 23.1 Å². The lowest BCUT2D eigenvalue weighted by Crippen LogP contribution is -2.42. The topological polar surface area (TPSA) is 60.2 Å². The largest absolute Gasteiger partial charge is 0.354 e. The van der Waals surface area contributed by atoms with Gasteiger partial charge in [-0.1, -0.05) is 26.7 Å². The van der Waals surface area contributed by atoms with Crippen molar-refractivity contribution in [2.45, 2.75) is 52.6 Å². The highest BCUT2D eigenvalue weighted by Gasteiger charge is 2.08. The molecule has 4 nitrogen and oxygen atoms in total. The van der Waals surface area contributed by atoms with Gasteiger partial charge in [0.1, 0.15) is 5.82 Å². The summed E-state index contributed by atoms with van der Waals surface area (Å²) in [4.78, 5) is 4.17. The fourth-order valence-electron chi connectivity index (χ4n) is 2.29. The fourth-order valence-corrected chi connectivity index (χ4v) is 2.29. The lowest BCUT2D eigenvalue weighted by molar-refractivity contribution is 0.491. The van der Waals surface area contributed by atoms with Crippen molar-refractivity contribution in [1.82, 2.24) is 10.6 Å². The predicted molar refractivity (Wildman–Crippen MR) is 108 cm³/mol. The second-order valence-electron chi connectivity index (χ2n) is 6.21. The lowest BCUT2D eigenvalue weighted by atomic mass is 10.0. The van der Waals surface area contributed by atoms with Crippen LogP contribution in [0.3, 0.4) is 0 Å². The minimum atomic E-state index is -0.322. The van der Waals surface area contributed by atoms with Gasteiger partial charge in [0.05, 0.1) is 11.6 Å². The maximum absolute atomic E-state index is 13.8. The zero-order chi connectivity index (χ0) is 17.2. The maximum Gasteiger partial charge on any atom is 0.191 e. The van der Waals surface area contributed by atoms with E-state index in [-0.39, 0.29) is 29.8 Å². The van der Waals surface area contributed by atoms with Crippen molar-refractivity contribution in [1.29, 1.82) is 5.26 Å². The van der Waals surface area contributed by atoms with E-state index in [2.05, 4.69) is 36.4 Å². The molecule has 0 radical (unpaired) electrons. The van der Waals surface area contributed by atoms with Crippen LogP contribution in [0.25, 0.3) is 0 Å². The SMILES string of the molecule is CN=C(NCc1cc(C#N)ccc1F)NC(C)CCCC(C)C.I. The molecule has 1 unspecified atom stereocenters. The van der Waals surface area contributed by atoms with Crippen LogP contribution in [0.2, 0.25) is 0 Å². The summed E-state index contributed by atoms with van der Waals surface area (Å²) in [5, 5.41) is 15.3. The Bertz CT molecular complexity index is 567. The average molecular weight is 446 g/mol. The van der Waals surface area contributed by atoms with Crippen molar-refractivity contribution in [3.8, 4) is 6.07 Å². The van der Waals surface area contributed by atoms with Crippen molar-refractivity contribution < 1.29 is 4.39 Å². The van der Waals surface area contributed by atoms with Gasteiger partial charge in [0, 0.05) is 25.2 Å². The van der Waals surface area contributed by atoms with E-state index in [1.54, 1.807) is 13.1 Å². The second kappa shape index (κ2) is 12.1. The quantitative estimate of drug-likeness (QED) is 0.375. The molecule has 1 atom stereocenters. The molecule has 1 aromatic rings. The number of hydrogen-bond donors (Lipinski definition) is 2. The van der Waals surface area contributed by atoms with Gasteiger partial charge in [-0.15, -0.1) is 24.0 Å². The molecule has 0 heterocycles. The normalized spacial score (nSPS) is 12.3. The number of aliphatic imine (C=N–C) groups is 1. The Morgan fingerprint density at radius 3 is 2.58 bits per heavy atom. The first-order chi connectivity index (χ1) is 11.0. The van der Waals surface area contributed by atoms with Crippen LogP contribution in [0.15, 0.2) is 23.2 Å². The predicted octanol–water partition coefficient (Wildman–Crippen LogP) is 4.20. The van der Waals surface area contributed by atoms with Crippen molar-refractivity contribution in [3.63, 3.8) is 0 Å². The molecule has 0 saturated carbocycles. The van der Waals surface area contributed by atoms with Crippen molar-refractivity contribution >= 4 is 29.9 Å². The van der Waals surface area contributed by atoms with Crippen molar-refractivity contribution in [2.24, 2.45) is 10.9 Å². The third-order valence-electron chi connectivity index (χ3n) is 3.65. The van der Waals surface area contributed by atoms with E-state index < -0.39 is 0 Å². The van der Waals surface area contributed by atoms with Gasteiger partial charge in [0.15, 0.2) is 5.96 Å². The second-order valence-corrected chi connectivity index (χ2v) is 6.21. The Morgan fingerprint density at radius 1 is 1.29 bits per heavy atom. The summed E-state index contributed by atoms with van der Waals surface area (Å²) in [7, 11) is 1.69. The van der Waals surface area contributed by atoms with E-state index in [9.17, 15) is 4.39 Å². The summed E-state index contributed by atoms with van der Waals surface area (Å²) in [6.07, 6.45) is 3.45. The maximum atomic E-state index is 13.8. The number of rotatable bonds is 7. The molecule has 2 N–H and O–H groups in total. The average Bonchev–Trinajstić information content (AvgIpc) is 2.52. The highest BCUT2D eigenvalue weighted by molar-refractivity contribution is 14.0. The van der Waals surface area contributed by atoms with Crippen LogP contribution in [-0.2, 0) is 6.54 Å². The smallest absolute Gasteiger partial charge is 0.191 e. The Kier molecular flexibility index (Phi) is 11.4. The van der Waals surface area contributed by atoms with Crippen LogP contribution in [-0.4, -0.2) is 19.0 Å². The molecule has 0 aliphatic heterocycles. The standard InChI is InChI=1S/C18H27FN4.HI/c1-13(2)6-5-7-14(3)23-18(21-4)22-12-16-10-15(11-20)8-9-17(16)19;/h8-10,13-14H,5-7,12H2,1-4H3,(H2,21,22,23);1H. The molecule has 24 heavy (non-hydrogen) atoms. The molecular formula is C18H28FIN4. The summed E-state index contributed by atoms with van der Waals surface area (Å²) < 4.78 is 13.8. The zero-order valence-electron chi connectivity index (χ0n) is 14.9. The monoisotopic (exact) mass is 446 g/mol. The van der Waals surface area contributed by atoms with Gasteiger partial charge >= 0.3 is 0 Å². The molecule has 0 spiro atoms. The van der Waals surface area contributed by atoms with E-state index in [1.165, 1.54) is 25.0 Å². The first-order valence-corrected chi connectivity index (χ1v) is 8.12. The van der Waals surface area contributed by atoms with Crippen LogP contribution < -0.4 is 10.6 Å². The first kappa shape index (κ1) is 22.6. The van der Waals surface area contributed by atoms with Crippen LogP contribution >= 0.6 is 24.0 Å². The number of hydrogen-bond acceptors (Lipinski definition) is 2. The summed E-state index contributed by atoms with van der Waals surface area (Å²) in [6.45, 7) is 6.86. The van der Waals surface area contributed by atoms with Gasteiger partial charge in [0.25, 0.3) is 0 Å². The fraction of sp³-hybridized carbons (Fsp3) is 0.556. The molecule has 0 bridgehead atoms. The number of nitrogens with zero attached hydrogens (tertiary/aromatic N) is 2. The molecule has 134 valence electrons. The van der Waals surface area contributed by atoms with Crippen LogP contribution in [0.1, 0.15) is 51.2 Å². The molecule has 0 saturated heterocycles.